The van der Waals surface area contributed by atoms with Crippen molar-refractivity contribution in [2.24, 2.45) is 0 Å². The Morgan fingerprint density at radius 1 is 0.426 bits per heavy atom. The predicted molar refractivity (Wildman–Crippen MR) is 224 cm³/mol. The molecule has 6 rings (SSSR count). The number of carbonyl (C=O) groups excluding carboxylic acids is 3. The lowest BCUT2D eigenvalue weighted by atomic mass is 9.94. The molecule has 0 N–H and O–H groups in total. The van der Waals surface area contributed by atoms with Crippen LogP contribution in [-0.2, 0) is 9.47 Å². The number of esters is 2. The Kier molecular flexibility index (Phi) is 12.9. The first kappa shape index (κ1) is 39.2. The Morgan fingerprint density at radius 3 is 0.889 bits per heavy atom. The third-order valence-corrected chi connectivity index (χ3v) is 10.3. The fraction of sp³-hybridized carbons (Fsp3) is 0.0930. The number of benzene rings is 6. The van der Waals surface area contributed by atoms with Crippen LogP contribution in [0.2, 0.25) is 0 Å². The highest BCUT2D eigenvalue weighted by atomic mass is 79.9. The maximum atomic E-state index is 14.3. The standard InChI is InChI=1S/C43H30Br4O7/c1-3-51-41(48)29-21-35(25-5-13-31(44)14-6-25)39(36(22-29)26-7-15-32(45)16-8-26)53-43(50)54-40-37(27-9-17-33(46)18-10-27)23-30(42(49)52-4-2)24-38(40)28-11-19-34(47)20-12-28/h5-24H,3-4H2,1-2H3. The molecule has 0 aliphatic rings. The van der Waals surface area contributed by atoms with Crippen LogP contribution in [0.15, 0.2) is 139 Å². The molecule has 0 bridgehead atoms. The second kappa shape index (κ2) is 17.7. The monoisotopic (exact) mass is 974 g/mol. The highest BCUT2D eigenvalue weighted by molar-refractivity contribution is 9.11. The number of rotatable bonds is 10. The van der Waals surface area contributed by atoms with Crippen molar-refractivity contribution < 1.29 is 33.3 Å². The van der Waals surface area contributed by atoms with Crippen LogP contribution in [0.1, 0.15) is 34.6 Å². The summed E-state index contributed by atoms with van der Waals surface area (Å²) in [5.41, 5.74) is 5.10. The third kappa shape index (κ3) is 9.21. The van der Waals surface area contributed by atoms with Crippen molar-refractivity contribution in [2.45, 2.75) is 13.8 Å². The van der Waals surface area contributed by atoms with Gasteiger partial charge in [0.15, 0.2) is 0 Å². The summed E-state index contributed by atoms with van der Waals surface area (Å²) in [5, 5.41) is 0. The smallest absolute Gasteiger partial charge is 0.462 e. The molecule has 0 radical (unpaired) electrons. The van der Waals surface area contributed by atoms with Crippen LogP contribution in [-0.4, -0.2) is 31.3 Å². The number of ether oxygens (including phenoxy) is 4. The molecule has 272 valence electrons. The molecule has 0 amide bonds. The molecule has 11 heteroatoms. The molecule has 0 heterocycles. The first-order valence-corrected chi connectivity index (χ1v) is 19.9. The fourth-order valence-corrected chi connectivity index (χ4v) is 6.76. The second-order valence-electron chi connectivity index (χ2n) is 11.7. The van der Waals surface area contributed by atoms with E-state index in [2.05, 4.69) is 63.7 Å². The fourth-order valence-electron chi connectivity index (χ4n) is 5.71. The zero-order valence-corrected chi connectivity index (χ0v) is 35.2. The molecule has 6 aromatic rings. The van der Waals surface area contributed by atoms with Crippen LogP contribution in [0.5, 0.6) is 11.5 Å². The quantitative estimate of drug-likeness (QED) is 0.0998. The summed E-state index contributed by atoms with van der Waals surface area (Å²) in [5.74, 6) is -0.723. The molecule has 0 spiro atoms. The minimum atomic E-state index is -1.05. The van der Waals surface area contributed by atoms with Crippen LogP contribution in [0, 0.1) is 0 Å². The normalized spacial score (nSPS) is 10.8. The van der Waals surface area contributed by atoms with Crippen molar-refractivity contribution in [1.29, 1.82) is 0 Å². The molecular formula is C43H30Br4O7. The Balaban J connectivity index is 1.55. The van der Waals surface area contributed by atoms with Crippen LogP contribution >= 0.6 is 63.7 Å². The third-order valence-electron chi connectivity index (χ3n) is 8.19. The van der Waals surface area contributed by atoms with Crippen LogP contribution in [0.3, 0.4) is 0 Å². The van der Waals surface area contributed by atoms with Crippen LogP contribution in [0.4, 0.5) is 4.79 Å². The summed E-state index contributed by atoms with van der Waals surface area (Å²) in [4.78, 5) is 40.7. The largest absolute Gasteiger partial charge is 0.519 e. The van der Waals surface area contributed by atoms with E-state index in [1.54, 1.807) is 38.1 Å². The maximum Gasteiger partial charge on any atom is 0.519 e. The topological polar surface area (TPSA) is 88.1 Å². The summed E-state index contributed by atoms with van der Waals surface area (Å²) >= 11 is 14.0. The van der Waals surface area contributed by atoms with E-state index in [4.69, 9.17) is 18.9 Å². The Bertz CT molecular complexity index is 2020. The van der Waals surface area contributed by atoms with Gasteiger partial charge < -0.3 is 18.9 Å². The highest BCUT2D eigenvalue weighted by Crippen LogP contribution is 2.44. The van der Waals surface area contributed by atoms with Gasteiger partial charge in [-0.15, -0.1) is 0 Å². The lowest BCUT2D eigenvalue weighted by Crippen LogP contribution is -2.17. The van der Waals surface area contributed by atoms with E-state index in [0.717, 1.165) is 17.9 Å². The van der Waals surface area contributed by atoms with Crippen molar-refractivity contribution >= 4 is 81.8 Å². The van der Waals surface area contributed by atoms with Gasteiger partial charge in [0.25, 0.3) is 0 Å². The molecule has 0 unspecified atom stereocenters. The van der Waals surface area contributed by atoms with E-state index in [1.807, 2.05) is 97.1 Å². The van der Waals surface area contributed by atoms with Crippen molar-refractivity contribution in [1.82, 2.24) is 0 Å². The zero-order chi connectivity index (χ0) is 38.4. The second-order valence-corrected chi connectivity index (χ2v) is 15.4. The van der Waals surface area contributed by atoms with E-state index >= 15 is 0 Å². The molecule has 54 heavy (non-hydrogen) atoms. The van der Waals surface area contributed by atoms with Crippen molar-refractivity contribution in [3.8, 4) is 56.0 Å². The Hall–Kier alpha value is -4.55. The Labute approximate surface area is 346 Å². The first-order chi connectivity index (χ1) is 26.0. The van der Waals surface area contributed by atoms with E-state index in [0.29, 0.717) is 44.5 Å². The number of halogens is 4. The number of hydrogen-bond donors (Lipinski definition) is 0. The maximum absolute atomic E-state index is 14.3. The molecule has 0 aliphatic carbocycles. The molecule has 0 fully saturated rings. The molecule has 0 aromatic heterocycles. The molecule has 7 nitrogen and oxygen atoms in total. The number of hydrogen-bond acceptors (Lipinski definition) is 7. The van der Waals surface area contributed by atoms with Gasteiger partial charge in [-0.2, -0.15) is 0 Å². The van der Waals surface area contributed by atoms with Gasteiger partial charge in [0, 0.05) is 40.1 Å². The summed E-state index contributed by atoms with van der Waals surface area (Å²) in [6.07, 6.45) is -1.05. The van der Waals surface area contributed by atoms with Gasteiger partial charge in [-0.1, -0.05) is 112 Å². The van der Waals surface area contributed by atoms with Gasteiger partial charge in [0.2, 0.25) is 0 Å². The van der Waals surface area contributed by atoms with E-state index in [9.17, 15) is 14.4 Å². The van der Waals surface area contributed by atoms with Crippen molar-refractivity contribution in [3.05, 3.63) is 150 Å². The Morgan fingerprint density at radius 2 is 0.667 bits per heavy atom. The summed E-state index contributed by atoms with van der Waals surface area (Å²) in [7, 11) is 0. The first-order valence-electron chi connectivity index (χ1n) is 16.7. The van der Waals surface area contributed by atoms with Crippen molar-refractivity contribution in [3.63, 3.8) is 0 Å². The summed E-state index contributed by atoms with van der Waals surface area (Å²) < 4.78 is 26.6. The van der Waals surface area contributed by atoms with Gasteiger partial charge in [-0.3, -0.25) is 0 Å². The predicted octanol–water partition coefficient (Wildman–Crippen LogP) is 13.3. The van der Waals surface area contributed by atoms with E-state index in [-0.39, 0.29) is 35.8 Å². The highest BCUT2D eigenvalue weighted by Gasteiger charge is 2.26. The lowest BCUT2D eigenvalue weighted by molar-refractivity contribution is 0.0517. The molecule has 0 aliphatic heterocycles. The minimum absolute atomic E-state index is 0.163. The average Bonchev–Trinajstić information content (AvgIpc) is 3.16. The molecule has 0 saturated heterocycles. The molecule has 6 aromatic carbocycles. The van der Waals surface area contributed by atoms with Crippen LogP contribution in [0.25, 0.3) is 44.5 Å². The number of carbonyl (C=O) groups is 3. The zero-order valence-electron chi connectivity index (χ0n) is 28.8. The van der Waals surface area contributed by atoms with Gasteiger partial charge >= 0.3 is 18.1 Å². The SMILES string of the molecule is CCOC(=O)c1cc(-c2ccc(Br)cc2)c(OC(=O)Oc2c(-c3ccc(Br)cc3)cc(C(=O)OCC)cc2-c2ccc(Br)cc2)c(-c2ccc(Br)cc2)c1. The van der Waals surface area contributed by atoms with Crippen LogP contribution < -0.4 is 9.47 Å². The van der Waals surface area contributed by atoms with Gasteiger partial charge in [-0.05, 0) is 109 Å². The molecule has 0 saturated carbocycles. The van der Waals surface area contributed by atoms with E-state index in [1.165, 1.54) is 0 Å². The lowest BCUT2D eigenvalue weighted by Gasteiger charge is -2.20. The summed E-state index contributed by atoms with van der Waals surface area (Å²) in [6, 6.07) is 36.2. The molecule has 0 atom stereocenters. The summed E-state index contributed by atoms with van der Waals surface area (Å²) in [6.45, 7) is 3.84. The average molecular weight is 978 g/mol. The minimum Gasteiger partial charge on any atom is -0.462 e. The van der Waals surface area contributed by atoms with E-state index < -0.39 is 18.1 Å². The van der Waals surface area contributed by atoms with Gasteiger partial charge in [0.1, 0.15) is 11.5 Å². The van der Waals surface area contributed by atoms with Gasteiger partial charge in [-0.25, -0.2) is 14.4 Å². The van der Waals surface area contributed by atoms with Gasteiger partial charge in [0.05, 0.1) is 24.3 Å². The van der Waals surface area contributed by atoms with Crippen molar-refractivity contribution in [2.75, 3.05) is 13.2 Å². The molecular weight excluding hydrogens is 948 g/mol.